The zero-order valence-corrected chi connectivity index (χ0v) is 12.0. The minimum Gasteiger partial charge on any atom is -0.383 e. The highest BCUT2D eigenvalue weighted by Gasteiger charge is 2.18. The Morgan fingerprint density at radius 1 is 1.53 bits per heavy atom. The number of anilines is 1. The Hall–Kier alpha value is -0.580. The van der Waals surface area contributed by atoms with Gasteiger partial charge in [-0.15, -0.1) is 0 Å². The molecule has 1 fully saturated rings. The molecular weight excluding hydrogens is 278 g/mol. The van der Waals surface area contributed by atoms with Crippen molar-refractivity contribution in [1.29, 1.82) is 0 Å². The van der Waals surface area contributed by atoms with E-state index in [0.29, 0.717) is 6.04 Å². The van der Waals surface area contributed by atoms with Crippen LogP contribution in [-0.2, 0) is 0 Å². The largest absolute Gasteiger partial charge is 0.383 e. The van der Waals surface area contributed by atoms with E-state index in [1.807, 2.05) is 0 Å². The maximum Gasteiger partial charge on any atom is 0.0485 e. The van der Waals surface area contributed by atoms with Crippen molar-refractivity contribution in [3.05, 3.63) is 28.2 Å². The Bertz CT molecular complexity index is 381. The van der Waals surface area contributed by atoms with E-state index in [-0.39, 0.29) is 0 Å². The summed E-state index contributed by atoms with van der Waals surface area (Å²) in [5, 5.41) is 6.94. The van der Waals surface area contributed by atoms with Crippen molar-refractivity contribution in [2.75, 3.05) is 38.5 Å². The molecular formula is C13H20BrN3. The molecule has 0 aromatic heterocycles. The van der Waals surface area contributed by atoms with Gasteiger partial charge in [-0.25, -0.2) is 0 Å². The number of benzene rings is 1. The van der Waals surface area contributed by atoms with Gasteiger partial charge in [0.2, 0.25) is 0 Å². The van der Waals surface area contributed by atoms with Crippen LogP contribution in [0.25, 0.3) is 0 Å². The van der Waals surface area contributed by atoms with Gasteiger partial charge in [0, 0.05) is 42.4 Å². The first-order valence-corrected chi connectivity index (χ1v) is 6.87. The number of halogens is 1. The Morgan fingerprint density at radius 2 is 2.35 bits per heavy atom. The molecule has 1 heterocycles. The van der Waals surface area contributed by atoms with Gasteiger partial charge in [0.15, 0.2) is 0 Å². The van der Waals surface area contributed by atoms with Crippen LogP contribution in [0.5, 0.6) is 0 Å². The molecule has 17 heavy (non-hydrogen) atoms. The minimum atomic E-state index is 0.567. The molecule has 1 aliphatic heterocycles. The van der Waals surface area contributed by atoms with Gasteiger partial charge in [-0.05, 0) is 47.6 Å². The van der Waals surface area contributed by atoms with Gasteiger partial charge in [-0.1, -0.05) is 6.07 Å². The van der Waals surface area contributed by atoms with E-state index in [1.165, 1.54) is 11.3 Å². The predicted molar refractivity (Wildman–Crippen MR) is 76.7 cm³/mol. The molecule has 0 bridgehead atoms. The molecule has 1 aromatic rings. The summed E-state index contributed by atoms with van der Waals surface area (Å²) in [7, 11) is 2.19. The first-order chi connectivity index (χ1) is 8.16. The van der Waals surface area contributed by atoms with Crippen LogP contribution in [0.2, 0.25) is 0 Å². The van der Waals surface area contributed by atoms with Crippen molar-refractivity contribution in [3.8, 4) is 0 Å². The van der Waals surface area contributed by atoms with Gasteiger partial charge in [-0.3, -0.25) is 4.90 Å². The lowest BCUT2D eigenvalue weighted by Gasteiger charge is -2.33. The van der Waals surface area contributed by atoms with E-state index in [9.17, 15) is 0 Å². The fraction of sp³-hybridized carbons (Fsp3) is 0.538. The van der Waals surface area contributed by atoms with Crippen LogP contribution >= 0.6 is 15.9 Å². The highest BCUT2D eigenvalue weighted by molar-refractivity contribution is 9.10. The normalized spacial score (nSPS) is 21.5. The number of rotatable bonds is 3. The second-order valence-corrected chi connectivity index (χ2v) is 5.56. The molecule has 2 N–H and O–H groups in total. The summed E-state index contributed by atoms with van der Waals surface area (Å²) in [5.74, 6) is 0. The lowest BCUT2D eigenvalue weighted by atomic mass is 10.2. The molecule has 0 amide bonds. The van der Waals surface area contributed by atoms with Crippen LogP contribution in [-0.4, -0.2) is 44.2 Å². The Kier molecular flexibility index (Phi) is 4.42. The molecule has 0 radical (unpaired) electrons. The van der Waals surface area contributed by atoms with Crippen LogP contribution in [0.15, 0.2) is 22.7 Å². The molecule has 0 aliphatic carbocycles. The molecule has 1 aromatic carbocycles. The molecule has 1 unspecified atom stereocenters. The highest BCUT2D eigenvalue weighted by atomic mass is 79.9. The maximum atomic E-state index is 3.60. The number of nitrogens with zero attached hydrogens (tertiary/aromatic N) is 1. The quantitative estimate of drug-likeness (QED) is 0.894. The van der Waals surface area contributed by atoms with Crippen molar-refractivity contribution in [1.82, 2.24) is 10.2 Å². The Balaban J connectivity index is 1.92. The van der Waals surface area contributed by atoms with Crippen molar-refractivity contribution < 1.29 is 0 Å². The van der Waals surface area contributed by atoms with Gasteiger partial charge >= 0.3 is 0 Å². The van der Waals surface area contributed by atoms with Gasteiger partial charge in [0.05, 0.1) is 0 Å². The SMILES string of the molecule is Cc1ccc(NCC2CNCCN2C)c(Br)c1. The summed E-state index contributed by atoms with van der Waals surface area (Å²) in [6.07, 6.45) is 0. The van der Waals surface area contributed by atoms with E-state index in [1.54, 1.807) is 0 Å². The number of hydrogen-bond acceptors (Lipinski definition) is 3. The topological polar surface area (TPSA) is 27.3 Å². The summed E-state index contributed by atoms with van der Waals surface area (Å²) in [6, 6.07) is 6.98. The predicted octanol–water partition coefficient (Wildman–Crippen LogP) is 2.07. The third kappa shape index (κ3) is 3.44. The first kappa shape index (κ1) is 12.9. The molecule has 2 rings (SSSR count). The standard InChI is InChI=1S/C13H20BrN3/c1-10-3-4-13(12(14)7-10)16-9-11-8-15-5-6-17(11)2/h3-4,7,11,15-16H,5-6,8-9H2,1-2H3. The van der Waals surface area contributed by atoms with E-state index in [4.69, 9.17) is 0 Å². The fourth-order valence-electron chi connectivity index (χ4n) is 2.08. The molecule has 0 saturated carbocycles. The van der Waals surface area contributed by atoms with E-state index in [2.05, 4.69) is 63.6 Å². The van der Waals surface area contributed by atoms with Gasteiger partial charge in [0.1, 0.15) is 0 Å². The van der Waals surface area contributed by atoms with Gasteiger partial charge in [-0.2, -0.15) is 0 Å². The van der Waals surface area contributed by atoms with E-state index < -0.39 is 0 Å². The lowest BCUT2D eigenvalue weighted by Crippen LogP contribution is -2.52. The molecule has 1 atom stereocenters. The lowest BCUT2D eigenvalue weighted by molar-refractivity contribution is 0.209. The molecule has 1 aliphatic rings. The summed E-state index contributed by atoms with van der Waals surface area (Å²) in [5.41, 5.74) is 2.45. The monoisotopic (exact) mass is 297 g/mol. The molecule has 94 valence electrons. The molecule has 0 spiro atoms. The van der Waals surface area contributed by atoms with Gasteiger partial charge < -0.3 is 10.6 Å². The fourth-order valence-corrected chi connectivity index (χ4v) is 2.72. The second-order valence-electron chi connectivity index (χ2n) is 4.70. The zero-order chi connectivity index (χ0) is 12.3. The second kappa shape index (κ2) is 5.85. The van der Waals surface area contributed by atoms with Crippen molar-refractivity contribution >= 4 is 21.6 Å². The third-order valence-corrected chi connectivity index (χ3v) is 3.95. The molecule has 3 nitrogen and oxygen atoms in total. The van der Waals surface area contributed by atoms with Crippen molar-refractivity contribution in [2.24, 2.45) is 0 Å². The van der Waals surface area contributed by atoms with Crippen LogP contribution in [0, 0.1) is 6.92 Å². The van der Waals surface area contributed by atoms with Crippen LogP contribution < -0.4 is 10.6 Å². The Morgan fingerprint density at radius 3 is 3.06 bits per heavy atom. The summed E-state index contributed by atoms with van der Waals surface area (Å²) >= 11 is 3.60. The van der Waals surface area contributed by atoms with E-state index >= 15 is 0 Å². The van der Waals surface area contributed by atoms with Crippen LogP contribution in [0.1, 0.15) is 5.56 Å². The number of piperazine rings is 1. The van der Waals surface area contributed by atoms with Crippen LogP contribution in [0.3, 0.4) is 0 Å². The number of likely N-dealkylation sites (N-methyl/N-ethyl adjacent to an activating group) is 1. The smallest absolute Gasteiger partial charge is 0.0485 e. The third-order valence-electron chi connectivity index (χ3n) is 3.30. The van der Waals surface area contributed by atoms with E-state index in [0.717, 1.165) is 30.7 Å². The summed E-state index contributed by atoms with van der Waals surface area (Å²) < 4.78 is 1.14. The van der Waals surface area contributed by atoms with Crippen molar-refractivity contribution in [2.45, 2.75) is 13.0 Å². The number of aryl methyl sites for hydroxylation is 1. The average molecular weight is 298 g/mol. The Labute approximate surface area is 112 Å². The first-order valence-electron chi connectivity index (χ1n) is 6.08. The van der Waals surface area contributed by atoms with Gasteiger partial charge in [0.25, 0.3) is 0 Å². The molecule has 1 saturated heterocycles. The minimum absolute atomic E-state index is 0.567. The summed E-state index contributed by atoms with van der Waals surface area (Å²) in [4.78, 5) is 2.41. The van der Waals surface area contributed by atoms with Crippen LogP contribution in [0.4, 0.5) is 5.69 Å². The zero-order valence-electron chi connectivity index (χ0n) is 10.5. The number of hydrogen-bond donors (Lipinski definition) is 2. The maximum absolute atomic E-state index is 3.60. The molecule has 4 heteroatoms. The highest BCUT2D eigenvalue weighted by Crippen LogP contribution is 2.23. The number of nitrogens with one attached hydrogen (secondary N) is 2. The van der Waals surface area contributed by atoms with Crippen molar-refractivity contribution in [3.63, 3.8) is 0 Å². The average Bonchev–Trinajstić information content (AvgIpc) is 2.30. The summed E-state index contributed by atoms with van der Waals surface area (Å²) in [6.45, 7) is 6.37.